The van der Waals surface area contributed by atoms with E-state index in [4.69, 9.17) is 5.11 Å². The smallest absolute Gasteiger partial charge is 0.305 e. The van der Waals surface area contributed by atoms with Gasteiger partial charge >= 0.3 is 5.97 Å². The van der Waals surface area contributed by atoms with E-state index >= 15 is 0 Å². The summed E-state index contributed by atoms with van der Waals surface area (Å²) in [5.41, 5.74) is 2.34. The maximum absolute atomic E-state index is 12.5. The molecule has 0 aliphatic carbocycles. The number of anilines is 1. The topological polar surface area (TPSA) is 104 Å². The number of carbonyl (C=O) groups excluding carboxylic acids is 3. The Hall–Kier alpha value is -2.35. The van der Waals surface area contributed by atoms with Gasteiger partial charge in [-0.25, -0.2) is 4.90 Å². The van der Waals surface area contributed by atoms with Gasteiger partial charge in [0.1, 0.15) is 5.25 Å². The lowest BCUT2D eigenvalue weighted by atomic mass is 10.1. The Labute approximate surface area is 143 Å². The van der Waals surface area contributed by atoms with E-state index in [1.165, 1.54) is 0 Å². The van der Waals surface area contributed by atoms with Crippen LogP contribution in [0, 0.1) is 13.8 Å². The van der Waals surface area contributed by atoms with Crippen molar-refractivity contribution in [2.75, 3.05) is 11.4 Å². The fourth-order valence-corrected chi connectivity index (χ4v) is 3.31. The summed E-state index contributed by atoms with van der Waals surface area (Å²) in [6.07, 6.45) is -0.346. The highest BCUT2D eigenvalue weighted by molar-refractivity contribution is 8.15. The number of carbonyl (C=O) groups is 4. The summed E-state index contributed by atoms with van der Waals surface area (Å²) < 4.78 is 0. The normalized spacial score (nSPS) is 17.2. The minimum Gasteiger partial charge on any atom is -0.481 e. The molecule has 1 heterocycles. The van der Waals surface area contributed by atoms with Crippen molar-refractivity contribution < 1.29 is 24.3 Å². The lowest BCUT2D eigenvalue weighted by Crippen LogP contribution is -2.35. The molecule has 1 aliphatic rings. The van der Waals surface area contributed by atoms with E-state index in [2.05, 4.69) is 5.32 Å². The second kappa shape index (κ2) is 7.48. The molecule has 3 amide bonds. The Morgan fingerprint density at radius 1 is 1.29 bits per heavy atom. The van der Waals surface area contributed by atoms with Crippen LogP contribution in [-0.4, -0.2) is 39.9 Å². The summed E-state index contributed by atoms with van der Waals surface area (Å²) in [6, 6.07) is 5.37. The summed E-state index contributed by atoms with van der Waals surface area (Å²) in [6.45, 7) is 3.72. The molecular formula is C16H18N2O5S. The van der Waals surface area contributed by atoms with Crippen molar-refractivity contribution in [2.45, 2.75) is 31.9 Å². The van der Waals surface area contributed by atoms with Crippen LogP contribution in [0.1, 0.15) is 24.0 Å². The molecule has 1 aromatic carbocycles. The van der Waals surface area contributed by atoms with Crippen LogP contribution in [0.4, 0.5) is 10.5 Å². The van der Waals surface area contributed by atoms with E-state index in [0.717, 1.165) is 27.8 Å². The first-order valence-electron chi connectivity index (χ1n) is 7.40. The highest BCUT2D eigenvalue weighted by atomic mass is 32.2. The number of benzene rings is 1. The number of amides is 3. The summed E-state index contributed by atoms with van der Waals surface area (Å²) in [5.74, 6) is -1.89. The minimum atomic E-state index is -1.02. The van der Waals surface area contributed by atoms with Gasteiger partial charge in [-0.3, -0.25) is 19.2 Å². The summed E-state index contributed by atoms with van der Waals surface area (Å²) >= 11 is 0.820. The number of nitrogens with zero attached hydrogens (tertiary/aromatic N) is 1. The number of thioether (sulfide) groups is 1. The summed E-state index contributed by atoms with van der Waals surface area (Å²) in [4.78, 5) is 48.0. The Morgan fingerprint density at radius 3 is 2.67 bits per heavy atom. The molecule has 0 radical (unpaired) electrons. The van der Waals surface area contributed by atoms with E-state index in [1.807, 2.05) is 19.9 Å². The van der Waals surface area contributed by atoms with Crippen LogP contribution in [0.2, 0.25) is 0 Å². The maximum Gasteiger partial charge on any atom is 0.305 e. The van der Waals surface area contributed by atoms with E-state index in [-0.39, 0.29) is 19.4 Å². The number of imide groups is 1. The highest BCUT2D eigenvalue weighted by Gasteiger charge is 2.42. The number of hydrogen-bond donors (Lipinski definition) is 2. The van der Waals surface area contributed by atoms with Crippen molar-refractivity contribution in [3.63, 3.8) is 0 Å². The van der Waals surface area contributed by atoms with Gasteiger partial charge in [-0.1, -0.05) is 12.1 Å². The molecule has 1 aliphatic heterocycles. The monoisotopic (exact) mass is 350 g/mol. The zero-order valence-corrected chi connectivity index (χ0v) is 14.2. The molecule has 7 nitrogen and oxygen atoms in total. The number of rotatable bonds is 6. The number of hydrogen-bond acceptors (Lipinski definition) is 5. The lowest BCUT2D eigenvalue weighted by molar-refractivity contribution is -0.137. The van der Waals surface area contributed by atoms with Gasteiger partial charge in [0.25, 0.3) is 5.24 Å². The number of carboxylic acid groups (broad SMARTS) is 1. The van der Waals surface area contributed by atoms with Gasteiger partial charge < -0.3 is 10.4 Å². The molecule has 1 aromatic rings. The molecule has 1 fully saturated rings. The van der Waals surface area contributed by atoms with Gasteiger partial charge in [0.05, 0.1) is 12.1 Å². The molecule has 2 rings (SSSR count). The van der Waals surface area contributed by atoms with E-state index in [0.29, 0.717) is 5.69 Å². The Bertz CT molecular complexity index is 704. The molecule has 1 unspecified atom stereocenters. The predicted octanol–water partition coefficient (Wildman–Crippen LogP) is 1.85. The standard InChI is InChI=1S/C16H18N2O5S/c1-9-4-3-5-11(10(9)2)18-15(22)12(24-16(18)23)8-13(19)17-7-6-14(20)21/h3-5,12H,6-8H2,1-2H3,(H,17,19)(H,20,21). The largest absolute Gasteiger partial charge is 0.481 e. The van der Waals surface area contributed by atoms with E-state index in [9.17, 15) is 19.2 Å². The van der Waals surface area contributed by atoms with Crippen LogP contribution in [0.15, 0.2) is 18.2 Å². The number of carboxylic acids is 1. The Balaban J connectivity index is 2.05. The van der Waals surface area contributed by atoms with Gasteiger partial charge in [0, 0.05) is 13.0 Å². The molecule has 8 heteroatoms. The van der Waals surface area contributed by atoms with Crippen LogP contribution in [-0.2, 0) is 14.4 Å². The van der Waals surface area contributed by atoms with E-state index < -0.39 is 28.3 Å². The van der Waals surface area contributed by atoms with Gasteiger partial charge in [0.15, 0.2) is 0 Å². The number of nitrogens with one attached hydrogen (secondary N) is 1. The fraction of sp³-hybridized carbons (Fsp3) is 0.375. The quantitative estimate of drug-likeness (QED) is 0.811. The highest BCUT2D eigenvalue weighted by Crippen LogP contribution is 2.35. The molecule has 2 N–H and O–H groups in total. The number of aliphatic carboxylic acids is 1. The fourth-order valence-electron chi connectivity index (χ4n) is 2.33. The summed E-state index contributed by atoms with van der Waals surface area (Å²) in [7, 11) is 0. The first kappa shape index (κ1) is 18.0. The van der Waals surface area contributed by atoms with Crippen LogP contribution < -0.4 is 10.2 Å². The van der Waals surface area contributed by atoms with Crippen LogP contribution in [0.3, 0.4) is 0 Å². The third-order valence-electron chi connectivity index (χ3n) is 3.77. The molecule has 128 valence electrons. The molecule has 0 aromatic heterocycles. The van der Waals surface area contributed by atoms with Crippen molar-refractivity contribution >= 4 is 40.5 Å². The average Bonchev–Trinajstić information content (AvgIpc) is 2.76. The number of aryl methyl sites for hydroxylation is 1. The van der Waals surface area contributed by atoms with Crippen molar-refractivity contribution in [3.05, 3.63) is 29.3 Å². The van der Waals surface area contributed by atoms with Gasteiger partial charge in [0.2, 0.25) is 11.8 Å². The van der Waals surface area contributed by atoms with Crippen molar-refractivity contribution in [1.29, 1.82) is 0 Å². The van der Waals surface area contributed by atoms with Gasteiger partial charge in [-0.05, 0) is 42.8 Å². The van der Waals surface area contributed by atoms with Crippen molar-refractivity contribution in [3.8, 4) is 0 Å². The minimum absolute atomic E-state index is 0.00556. The predicted molar refractivity (Wildman–Crippen MR) is 90.1 cm³/mol. The molecule has 0 saturated carbocycles. The second-order valence-electron chi connectivity index (χ2n) is 5.46. The maximum atomic E-state index is 12.5. The Morgan fingerprint density at radius 2 is 2.00 bits per heavy atom. The van der Waals surface area contributed by atoms with Crippen molar-refractivity contribution in [1.82, 2.24) is 5.32 Å². The van der Waals surface area contributed by atoms with Crippen LogP contribution >= 0.6 is 11.8 Å². The third-order valence-corrected chi connectivity index (χ3v) is 4.81. The Kier molecular flexibility index (Phi) is 5.61. The first-order chi connectivity index (χ1) is 11.3. The molecule has 1 saturated heterocycles. The first-order valence-corrected chi connectivity index (χ1v) is 8.28. The zero-order valence-electron chi connectivity index (χ0n) is 13.4. The van der Waals surface area contributed by atoms with Crippen LogP contribution in [0.5, 0.6) is 0 Å². The second-order valence-corrected chi connectivity index (χ2v) is 6.62. The molecule has 0 spiro atoms. The van der Waals surface area contributed by atoms with Gasteiger partial charge in [-0.15, -0.1) is 0 Å². The molecule has 1 atom stereocenters. The third kappa shape index (κ3) is 3.94. The zero-order chi connectivity index (χ0) is 17.9. The van der Waals surface area contributed by atoms with Crippen molar-refractivity contribution in [2.24, 2.45) is 0 Å². The molecule has 0 bridgehead atoms. The molecule has 24 heavy (non-hydrogen) atoms. The summed E-state index contributed by atoms with van der Waals surface area (Å²) in [5, 5.41) is 9.78. The average molecular weight is 350 g/mol. The van der Waals surface area contributed by atoms with Crippen LogP contribution in [0.25, 0.3) is 0 Å². The lowest BCUT2D eigenvalue weighted by Gasteiger charge is -2.17. The van der Waals surface area contributed by atoms with E-state index in [1.54, 1.807) is 12.1 Å². The molecular weight excluding hydrogens is 332 g/mol. The SMILES string of the molecule is Cc1cccc(N2C(=O)SC(CC(=O)NCCC(=O)O)C2=O)c1C. The van der Waals surface area contributed by atoms with Gasteiger partial charge in [-0.2, -0.15) is 0 Å².